The first-order valence-electron chi connectivity index (χ1n) is 7.33. The summed E-state index contributed by atoms with van der Waals surface area (Å²) in [5, 5.41) is 2.75. The zero-order valence-electron chi connectivity index (χ0n) is 12.4. The molecule has 0 aliphatic heterocycles. The second-order valence-corrected chi connectivity index (χ2v) is 5.63. The predicted molar refractivity (Wildman–Crippen MR) is 86.2 cm³/mol. The standard InChI is InChI=1S/C16H22BrNO3/c1-2-3-4-5-10-15(19)18-11-12-21-16(20)13-8-6-7-9-14(13)17/h6-9H,2-5,10-12H2,1H3,(H,18,19). The lowest BCUT2D eigenvalue weighted by molar-refractivity contribution is -0.121. The molecule has 0 saturated carbocycles. The minimum Gasteiger partial charge on any atom is -0.460 e. The van der Waals surface area contributed by atoms with Gasteiger partial charge in [0.05, 0.1) is 12.1 Å². The Labute approximate surface area is 134 Å². The van der Waals surface area contributed by atoms with E-state index in [1.165, 1.54) is 0 Å². The third-order valence-electron chi connectivity index (χ3n) is 3.01. The van der Waals surface area contributed by atoms with Crippen LogP contribution >= 0.6 is 15.9 Å². The van der Waals surface area contributed by atoms with E-state index in [4.69, 9.17) is 4.74 Å². The van der Waals surface area contributed by atoms with Crippen molar-refractivity contribution in [3.8, 4) is 0 Å². The van der Waals surface area contributed by atoms with Gasteiger partial charge in [0.2, 0.25) is 5.91 Å². The third-order valence-corrected chi connectivity index (χ3v) is 3.70. The van der Waals surface area contributed by atoms with E-state index in [1.807, 2.05) is 6.07 Å². The molecular weight excluding hydrogens is 334 g/mol. The van der Waals surface area contributed by atoms with Crippen LogP contribution in [0.15, 0.2) is 28.7 Å². The molecule has 0 heterocycles. The van der Waals surface area contributed by atoms with Crippen molar-refractivity contribution >= 4 is 27.8 Å². The van der Waals surface area contributed by atoms with E-state index in [1.54, 1.807) is 18.2 Å². The van der Waals surface area contributed by atoms with Crippen LogP contribution in [0.1, 0.15) is 49.4 Å². The van der Waals surface area contributed by atoms with Crippen LogP contribution in [0.4, 0.5) is 0 Å². The second-order valence-electron chi connectivity index (χ2n) is 4.78. The highest BCUT2D eigenvalue weighted by Crippen LogP contribution is 2.16. The number of halogens is 1. The Balaban J connectivity index is 2.15. The third kappa shape index (κ3) is 7.27. The van der Waals surface area contributed by atoms with Crippen LogP contribution < -0.4 is 5.32 Å². The highest BCUT2D eigenvalue weighted by molar-refractivity contribution is 9.10. The normalized spacial score (nSPS) is 10.2. The van der Waals surface area contributed by atoms with Crippen molar-refractivity contribution in [3.63, 3.8) is 0 Å². The Morgan fingerprint density at radius 3 is 2.67 bits per heavy atom. The van der Waals surface area contributed by atoms with Gasteiger partial charge in [-0.3, -0.25) is 4.79 Å². The maximum atomic E-state index is 11.8. The first kappa shape index (κ1) is 17.7. The molecule has 116 valence electrons. The summed E-state index contributed by atoms with van der Waals surface area (Å²) in [6.07, 6.45) is 4.86. The van der Waals surface area contributed by atoms with E-state index < -0.39 is 0 Å². The number of esters is 1. The van der Waals surface area contributed by atoms with Crippen LogP contribution in [0.3, 0.4) is 0 Å². The molecule has 5 heteroatoms. The van der Waals surface area contributed by atoms with Gasteiger partial charge in [-0.2, -0.15) is 0 Å². The summed E-state index contributed by atoms with van der Waals surface area (Å²) in [6.45, 7) is 2.67. The molecule has 0 aromatic heterocycles. The summed E-state index contributed by atoms with van der Waals surface area (Å²) in [5.41, 5.74) is 0.489. The molecule has 0 aliphatic rings. The summed E-state index contributed by atoms with van der Waals surface area (Å²) in [6, 6.07) is 7.09. The molecule has 0 aliphatic carbocycles. The van der Waals surface area contributed by atoms with Gasteiger partial charge in [0.1, 0.15) is 6.61 Å². The number of hydrogen-bond acceptors (Lipinski definition) is 3. The minimum atomic E-state index is -0.389. The Hall–Kier alpha value is -1.36. The molecule has 4 nitrogen and oxygen atoms in total. The number of carbonyl (C=O) groups excluding carboxylic acids is 2. The van der Waals surface area contributed by atoms with E-state index in [0.717, 1.165) is 25.7 Å². The molecule has 0 spiro atoms. The number of amides is 1. The van der Waals surface area contributed by atoms with Crippen molar-refractivity contribution in [1.29, 1.82) is 0 Å². The smallest absolute Gasteiger partial charge is 0.339 e. The molecule has 0 unspecified atom stereocenters. The van der Waals surface area contributed by atoms with Crippen molar-refractivity contribution in [3.05, 3.63) is 34.3 Å². The number of ether oxygens (including phenoxy) is 1. The molecule has 0 radical (unpaired) electrons. The van der Waals surface area contributed by atoms with E-state index in [0.29, 0.717) is 23.0 Å². The largest absolute Gasteiger partial charge is 0.460 e. The van der Waals surface area contributed by atoms with E-state index in [2.05, 4.69) is 28.2 Å². The maximum absolute atomic E-state index is 11.8. The highest BCUT2D eigenvalue weighted by Gasteiger charge is 2.10. The molecule has 0 fully saturated rings. The molecule has 0 saturated heterocycles. The monoisotopic (exact) mass is 355 g/mol. The van der Waals surface area contributed by atoms with Gasteiger partial charge >= 0.3 is 5.97 Å². The Morgan fingerprint density at radius 2 is 1.95 bits per heavy atom. The molecule has 0 bridgehead atoms. The molecule has 21 heavy (non-hydrogen) atoms. The van der Waals surface area contributed by atoms with Gasteiger partial charge in [-0.15, -0.1) is 0 Å². The number of benzene rings is 1. The van der Waals surface area contributed by atoms with E-state index in [-0.39, 0.29) is 18.5 Å². The number of carbonyl (C=O) groups is 2. The Kier molecular flexibility index (Phi) is 8.74. The van der Waals surface area contributed by atoms with Crippen molar-refractivity contribution in [2.24, 2.45) is 0 Å². The quantitative estimate of drug-likeness (QED) is 0.542. The molecule has 1 rings (SSSR count). The Bertz CT molecular complexity index is 463. The van der Waals surface area contributed by atoms with Crippen molar-refractivity contribution in [2.75, 3.05) is 13.2 Å². The van der Waals surface area contributed by atoms with E-state index in [9.17, 15) is 9.59 Å². The van der Waals surface area contributed by atoms with Crippen molar-refractivity contribution in [2.45, 2.75) is 39.0 Å². The van der Waals surface area contributed by atoms with Gasteiger partial charge in [-0.05, 0) is 34.5 Å². The van der Waals surface area contributed by atoms with Gasteiger partial charge in [0, 0.05) is 10.9 Å². The maximum Gasteiger partial charge on any atom is 0.339 e. The summed E-state index contributed by atoms with van der Waals surface area (Å²) < 4.78 is 5.82. The lowest BCUT2D eigenvalue weighted by Crippen LogP contribution is -2.27. The fourth-order valence-corrected chi connectivity index (χ4v) is 2.29. The number of unbranched alkanes of at least 4 members (excludes halogenated alkanes) is 3. The molecule has 1 aromatic rings. The summed E-state index contributed by atoms with van der Waals surface area (Å²) in [5.74, 6) is -0.372. The Morgan fingerprint density at radius 1 is 1.19 bits per heavy atom. The summed E-state index contributed by atoms with van der Waals surface area (Å²) in [4.78, 5) is 23.3. The zero-order chi connectivity index (χ0) is 15.5. The van der Waals surface area contributed by atoms with Gasteiger partial charge in [0.25, 0.3) is 0 Å². The highest BCUT2D eigenvalue weighted by atomic mass is 79.9. The zero-order valence-corrected chi connectivity index (χ0v) is 13.9. The fourth-order valence-electron chi connectivity index (χ4n) is 1.84. The SMILES string of the molecule is CCCCCCC(=O)NCCOC(=O)c1ccccc1Br. The van der Waals surface area contributed by atoms with Gasteiger partial charge in [-0.25, -0.2) is 4.79 Å². The molecule has 1 amide bonds. The van der Waals surface area contributed by atoms with Crippen LogP contribution in [0.5, 0.6) is 0 Å². The lowest BCUT2D eigenvalue weighted by atomic mass is 10.1. The predicted octanol–water partition coefficient (Wildman–Crippen LogP) is 3.69. The van der Waals surface area contributed by atoms with Crippen LogP contribution in [0.2, 0.25) is 0 Å². The first-order chi connectivity index (χ1) is 10.1. The lowest BCUT2D eigenvalue weighted by Gasteiger charge is -2.07. The van der Waals surface area contributed by atoms with Crippen LogP contribution in [0, 0.1) is 0 Å². The topological polar surface area (TPSA) is 55.4 Å². The molecule has 0 atom stereocenters. The number of hydrogen-bond donors (Lipinski definition) is 1. The van der Waals surface area contributed by atoms with Crippen LogP contribution in [-0.4, -0.2) is 25.0 Å². The van der Waals surface area contributed by atoms with Gasteiger partial charge in [-0.1, -0.05) is 38.3 Å². The minimum absolute atomic E-state index is 0.0167. The van der Waals surface area contributed by atoms with Crippen molar-refractivity contribution in [1.82, 2.24) is 5.32 Å². The second kappa shape index (κ2) is 10.4. The summed E-state index contributed by atoms with van der Waals surface area (Å²) in [7, 11) is 0. The van der Waals surface area contributed by atoms with Gasteiger partial charge < -0.3 is 10.1 Å². The average Bonchev–Trinajstić information content (AvgIpc) is 2.48. The van der Waals surface area contributed by atoms with E-state index >= 15 is 0 Å². The van der Waals surface area contributed by atoms with Crippen molar-refractivity contribution < 1.29 is 14.3 Å². The number of nitrogens with one attached hydrogen (secondary N) is 1. The molecule has 1 aromatic carbocycles. The molecule has 1 N–H and O–H groups in total. The fraction of sp³-hybridized carbons (Fsp3) is 0.500. The molecular formula is C16H22BrNO3. The average molecular weight is 356 g/mol. The first-order valence-corrected chi connectivity index (χ1v) is 8.12. The van der Waals surface area contributed by atoms with Crippen LogP contribution in [0.25, 0.3) is 0 Å². The van der Waals surface area contributed by atoms with Crippen LogP contribution in [-0.2, 0) is 9.53 Å². The van der Waals surface area contributed by atoms with Gasteiger partial charge in [0.15, 0.2) is 0 Å². The summed E-state index contributed by atoms with van der Waals surface area (Å²) >= 11 is 3.30. The number of rotatable bonds is 9.